The minimum atomic E-state index is -1.25. The molecule has 0 saturated carbocycles. The molecule has 5 nitrogen and oxygen atoms in total. The van der Waals surface area contributed by atoms with E-state index in [1.165, 1.54) is 12.3 Å². The Morgan fingerprint density at radius 2 is 1.69 bits per heavy atom. The lowest BCUT2D eigenvalue weighted by Crippen LogP contribution is -2.39. The first-order valence-electron chi connectivity index (χ1n) is 10.1. The van der Waals surface area contributed by atoms with Gasteiger partial charge in [0.1, 0.15) is 11.7 Å². The first-order valence-corrected chi connectivity index (χ1v) is 10.4. The van der Waals surface area contributed by atoms with Gasteiger partial charge >= 0.3 is 5.97 Å². The highest BCUT2D eigenvalue weighted by Gasteiger charge is 2.31. The number of hydrogen-bond donors (Lipinski definition) is 0. The fraction of sp³-hybridized carbons (Fsp3) is 0.231. The molecule has 0 saturated heterocycles. The standard InChI is InChI=1S/C26H25ClO5/c1-5-20(16-28)18(2)17-31-25(30)26(3,4)32-23-13-6-19(7-14-23)8-15-24(29)21-9-11-22(27)12-10-21/h6-15,17H,5H2,1-4H3/b15-8+,18-17+. The average Bonchev–Trinajstić information content (AvgIpc) is 2.77. The molecule has 0 amide bonds. The summed E-state index contributed by atoms with van der Waals surface area (Å²) in [5.41, 5.74) is 1.07. The quantitative estimate of drug-likeness (QED) is 0.116. The van der Waals surface area contributed by atoms with Crippen molar-refractivity contribution in [2.75, 3.05) is 0 Å². The van der Waals surface area contributed by atoms with Gasteiger partial charge in [-0.25, -0.2) is 9.59 Å². The van der Waals surface area contributed by atoms with E-state index in [4.69, 9.17) is 21.1 Å². The zero-order chi connectivity index (χ0) is 23.7. The SMILES string of the molecule is CCC(=C=O)/C(C)=C/OC(=O)C(C)(C)Oc1ccc(/C=C/C(=O)c2ccc(Cl)cc2)cc1. The van der Waals surface area contributed by atoms with Gasteiger partial charge in [-0.3, -0.25) is 4.79 Å². The van der Waals surface area contributed by atoms with Crippen molar-refractivity contribution < 1.29 is 23.9 Å². The lowest BCUT2D eigenvalue weighted by Gasteiger charge is -2.23. The second kappa shape index (κ2) is 11.3. The molecule has 0 aliphatic carbocycles. The van der Waals surface area contributed by atoms with E-state index >= 15 is 0 Å². The summed E-state index contributed by atoms with van der Waals surface area (Å²) < 4.78 is 11.0. The minimum absolute atomic E-state index is 0.134. The molecule has 0 heterocycles. The molecule has 32 heavy (non-hydrogen) atoms. The van der Waals surface area contributed by atoms with Gasteiger partial charge in [0.15, 0.2) is 5.78 Å². The van der Waals surface area contributed by atoms with E-state index in [1.54, 1.807) is 75.4 Å². The van der Waals surface area contributed by atoms with Gasteiger partial charge in [0, 0.05) is 16.2 Å². The summed E-state index contributed by atoms with van der Waals surface area (Å²) in [4.78, 5) is 35.5. The van der Waals surface area contributed by atoms with E-state index < -0.39 is 11.6 Å². The maximum atomic E-state index is 12.4. The van der Waals surface area contributed by atoms with Crippen molar-refractivity contribution in [3.8, 4) is 5.75 Å². The Morgan fingerprint density at radius 3 is 2.25 bits per heavy atom. The van der Waals surface area contributed by atoms with E-state index in [9.17, 15) is 14.4 Å². The van der Waals surface area contributed by atoms with Crippen LogP contribution >= 0.6 is 11.6 Å². The van der Waals surface area contributed by atoms with Gasteiger partial charge in [0.2, 0.25) is 5.60 Å². The Kier molecular flexibility index (Phi) is 8.77. The molecule has 0 aromatic heterocycles. The number of halogens is 1. The van der Waals surface area contributed by atoms with E-state index in [-0.39, 0.29) is 5.78 Å². The summed E-state index contributed by atoms with van der Waals surface area (Å²) in [5.74, 6) is 1.56. The third-order valence-corrected chi connectivity index (χ3v) is 4.85. The molecular weight excluding hydrogens is 428 g/mol. The Hall–Kier alpha value is -3.40. The molecule has 166 valence electrons. The van der Waals surface area contributed by atoms with E-state index in [0.29, 0.717) is 33.9 Å². The fourth-order valence-electron chi connectivity index (χ4n) is 2.65. The second-order valence-electron chi connectivity index (χ2n) is 7.53. The summed E-state index contributed by atoms with van der Waals surface area (Å²) in [5, 5.41) is 0.572. The highest BCUT2D eigenvalue weighted by atomic mass is 35.5. The topological polar surface area (TPSA) is 69.7 Å². The molecular formula is C26H25ClO5. The molecule has 2 aromatic rings. The van der Waals surface area contributed by atoms with Crippen LogP contribution in [0, 0.1) is 0 Å². The molecule has 6 heteroatoms. The van der Waals surface area contributed by atoms with Crippen molar-refractivity contribution in [3.63, 3.8) is 0 Å². The molecule has 0 radical (unpaired) electrons. The number of esters is 1. The Balaban J connectivity index is 2.00. The maximum absolute atomic E-state index is 12.4. The number of ketones is 1. The van der Waals surface area contributed by atoms with Gasteiger partial charge in [-0.2, -0.15) is 0 Å². The molecule has 0 aliphatic heterocycles. The predicted octanol–water partition coefficient (Wildman–Crippen LogP) is 6.01. The maximum Gasteiger partial charge on any atom is 0.354 e. The monoisotopic (exact) mass is 452 g/mol. The van der Waals surface area contributed by atoms with Crippen LogP contribution in [0.1, 0.15) is 50.0 Å². The number of hydrogen-bond acceptors (Lipinski definition) is 5. The molecule has 0 spiro atoms. The summed E-state index contributed by atoms with van der Waals surface area (Å²) in [7, 11) is 0. The molecule has 2 aromatic carbocycles. The first kappa shape index (κ1) is 24.9. The van der Waals surface area contributed by atoms with Gasteiger partial charge in [-0.1, -0.05) is 36.7 Å². The van der Waals surface area contributed by atoms with Crippen LogP contribution in [-0.2, 0) is 14.3 Å². The van der Waals surface area contributed by atoms with Crippen LogP contribution in [0.2, 0.25) is 5.02 Å². The highest BCUT2D eigenvalue weighted by Crippen LogP contribution is 2.21. The lowest BCUT2D eigenvalue weighted by molar-refractivity contribution is -0.153. The predicted molar refractivity (Wildman–Crippen MR) is 125 cm³/mol. The minimum Gasteiger partial charge on any atom is -0.476 e. The van der Waals surface area contributed by atoms with Crippen LogP contribution in [0.15, 0.2) is 72.0 Å². The third kappa shape index (κ3) is 7.09. The van der Waals surface area contributed by atoms with Crippen LogP contribution in [0.4, 0.5) is 0 Å². The number of ether oxygens (including phenoxy) is 2. The van der Waals surface area contributed by atoms with Crippen molar-refractivity contribution >= 4 is 35.4 Å². The normalized spacial score (nSPS) is 11.7. The average molecular weight is 453 g/mol. The van der Waals surface area contributed by atoms with E-state index in [2.05, 4.69) is 0 Å². The molecule has 0 aliphatic rings. The summed E-state index contributed by atoms with van der Waals surface area (Å²) >= 11 is 5.84. The first-order chi connectivity index (χ1) is 15.2. The summed E-state index contributed by atoms with van der Waals surface area (Å²) in [6, 6.07) is 13.6. The van der Waals surface area contributed by atoms with Crippen molar-refractivity contribution in [3.05, 3.63) is 88.2 Å². The Bertz CT molecular complexity index is 1070. The summed E-state index contributed by atoms with van der Waals surface area (Å²) in [6.45, 7) is 6.68. The van der Waals surface area contributed by atoms with Crippen molar-refractivity contribution in [1.29, 1.82) is 0 Å². The molecule has 0 unspecified atom stereocenters. The number of rotatable bonds is 9. The van der Waals surface area contributed by atoms with Crippen LogP contribution in [0.25, 0.3) is 6.08 Å². The van der Waals surface area contributed by atoms with Crippen LogP contribution in [0.5, 0.6) is 5.75 Å². The molecule has 0 bridgehead atoms. The van der Waals surface area contributed by atoms with E-state index in [0.717, 1.165) is 5.56 Å². The number of carbonyl (C=O) groups is 2. The van der Waals surface area contributed by atoms with E-state index in [1.807, 2.05) is 12.9 Å². The molecule has 0 fully saturated rings. The zero-order valence-electron chi connectivity index (χ0n) is 18.5. The Labute approximate surface area is 193 Å². The summed E-state index contributed by atoms with van der Waals surface area (Å²) in [6.07, 6.45) is 4.91. The van der Waals surface area contributed by atoms with Gasteiger partial charge in [0.25, 0.3) is 0 Å². The number of benzene rings is 2. The number of allylic oxidation sites excluding steroid dienone is 3. The fourth-order valence-corrected chi connectivity index (χ4v) is 2.78. The van der Waals surface area contributed by atoms with Gasteiger partial charge < -0.3 is 9.47 Å². The molecule has 0 atom stereocenters. The number of carbonyl (C=O) groups excluding carboxylic acids is 3. The van der Waals surface area contributed by atoms with Gasteiger partial charge in [-0.15, -0.1) is 0 Å². The molecule has 0 N–H and O–H groups in total. The van der Waals surface area contributed by atoms with Gasteiger partial charge in [-0.05, 0) is 80.8 Å². The molecule has 2 rings (SSSR count). The third-order valence-electron chi connectivity index (χ3n) is 4.60. The van der Waals surface area contributed by atoms with Crippen molar-refractivity contribution in [2.45, 2.75) is 39.7 Å². The van der Waals surface area contributed by atoms with Crippen molar-refractivity contribution in [2.24, 2.45) is 0 Å². The lowest BCUT2D eigenvalue weighted by atomic mass is 10.1. The van der Waals surface area contributed by atoms with Crippen LogP contribution in [0.3, 0.4) is 0 Å². The largest absolute Gasteiger partial charge is 0.476 e. The zero-order valence-corrected chi connectivity index (χ0v) is 19.2. The van der Waals surface area contributed by atoms with Crippen molar-refractivity contribution in [1.82, 2.24) is 0 Å². The van der Waals surface area contributed by atoms with Crippen LogP contribution in [-0.4, -0.2) is 23.3 Å². The van der Waals surface area contributed by atoms with Gasteiger partial charge in [0.05, 0.1) is 6.26 Å². The smallest absolute Gasteiger partial charge is 0.354 e. The second-order valence-corrected chi connectivity index (χ2v) is 7.96. The Morgan fingerprint density at radius 1 is 1.06 bits per heavy atom. The van der Waals surface area contributed by atoms with Crippen LogP contribution < -0.4 is 4.74 Å². The highest BCUT2D eigenvalue weighted by molar-refractivity contribution is 6.30.